The summed E-state index contributed by atoms with van der Waals surface area (Å²) in [4.78, 5) is 8.00. The highest BCUT2D eigenvalue weighted by Gasteiger charge is 1.99. The van der Waals surface area contributed by atoms with Crippen molar-refractivity contribution in [3.63, 3.8) is 0 Å². The molecule has 13 heavy (non-hydrogen) atoms. The summed E-state index contributed by atoms with van der Waals surface area (Å²) in [6, 6.07) is 0.756. The molecule has 0 spiro atoms. The minimum Gasteiger partial charge on any atom is -0.314 e. The normalized spacial score (nSPS) is 9.54. The third-order valence-electron chi connectivity index (χ3n) is 2.20. The number of carbonyl (C=O) groups is 1. The Kier molecular flexibility index (Phi) is 16.5. The molecule has 2 heteroatoms. The Hall–Kier alpha value is -0.370. The fourth-order valence-electron chi connectivity index (χ4n) is 1.26. The van der Waals surface area contributed by atoms with Crippen LogP contribution in [0.5, 0.6) is 0 Å². The van der Waals surface area contributed by atoms with Crippen LogP contribution in [0.3, 0.4) is 0 Å². The molecule has 0 amide bonds. The van der Waals surface area contributed by atoms with E-state index in [1.54, 1.807) is 0 Å². The Labute approximate surface area is 83.1 Å². The van der Waals surface area contributed by atoms with Gasteiger partial charge in [-0.2, -0.15) is 0 Å². The van der Waals surface area contributed by atoms with E-state index in [0.717, 1.165) is 6.04 Å². The van der Waals surface area contributed by atoms with Gasteiger partial charge in [-0.15, -0.1) is 0 Å². The van der Waals surface area contributed by atoms with Crippen molar-refractivity contribution in [2.75, 3.05) is 6.54 Å². The summed E-state index contributed by atoms with van der Waals surface area (Å²) in [5.41, 5.74) is 0. The van der Waals surface area contributed by atoms with Crippen LogP contribution in [0.2, 0.25) is 0 Å². The molecule has 0 fully saturated rings. The Balaban J connectivity index is 0. The monoisotopic (exact) mass is 187 g/mol. The Bertz CT molecular complexity index is 82.2. The molecule has 0 rings (SSSR count). The summed E-state index contributed by atoms with van der Waals surface area (Å²) >= 11 is 0. The molecule has 0 atom stereocenters. The van der Waals surface area contributed by atoms with E-state index >= 15 is 0 Å². The molecule has 0 saturated heterocycles. The molecule has 80 valence electrons. The third-order valence-corrected chi connectivity index (χ3v) is 2.20. The standard InChI is InChI=1S/C10H23N.CH2O/c1-4-7-8-9-11-10(5-2)6-3;1-2/h10-11H,4-9H2,1-3H3;1H2. The van der Waals surface area contributed by atoms with Crippen molar-refractivity contribution in [2.24, 2.45) is 0 Å². The van der Waals surface area contributed by atoms with Crippen LogP contribution in [-0.4, -0.2) is 19.4 Å². The van der Waals surface area contributed by atoms with Gasteiger partial charge in [0, 0.05) is 6.04 Å². The van der Waals surface area contributed by atoms with Crippen LogP contribution in [0.25, 0.3) is 0 Å². The highest BCUT2D eigenvalue weighted by Crippen LogP contribution is 1.97. The van der Waals surface area contributed by atoms with Crippen LogP contribution in [0.4, 0.5) is 0 Å². The molecule has 0 aromatic heterocycles. The molecule has 0 aliphatic heterocycles. The van der Waals surface area contributed by atoms with E-state index in [1.807, 2.05) is 6.79 Å². The molecule has 0 aromatic rings. The van der Waals surface area contributed by atoms with Gasteiger partial charge in [0.1, 0.15) is 6.79 Å². The van der Waals surface area contributed by atoms with Crippen molar-refractivity contribution in [2.45, 2.75) is 58.9 Å². The lowest BCUT2D eigenvalue weighted by Gasteiger charge is -2.13. The van der Waals surface area contributed by atoms with Crippen molar-refractivity contribution >= 4 is 6.79 Å². The lowest BCUT2D eigenvalue weighted by Crippen LogP contribution is -2.28. The maximum Gasteiger partial charge on any atom is 0.106 e. The van der Waals surface area contributed by atoms with E-state index in [9.17, 15) is 0 Å². The average Bonchev–Trinajstić information content (AvgIpc) is 2.21. The third kappa shape index (κ3) is 11.6. The maximum atomic E-state index is 8.00. The summed E-state index contributed by atoms with van der Waals surface area (Å²) in [5.74, 6) is 0. The van der Waals surface area contributed by atoms with Crippen LogP contribution in [0.1, 0.15) is 52.9 Å². The number of nitrogens with one attached hydrogen (secondary N) is 1. The summed E-state index contributed by atoms with van der Waals surface area (Å²) in [6.07, 6.45) is 6.57. The van der Waals surface area contributed by atoms with Gasteiger partial charge < -0.3 is 10.1 Å². The zero-order valence-electron chi connectivity index (χ0n) is 9.44. The minimum absolute atomic E-state index is 0.756. The highest BCUT2D eigenvalue weighted by atomic mass is 16.1. The van der Waals surface area contributed by atoms with Gasteiger partial charge in [0.25, 0.3) is 0 Å². The largest absolute Gasteiger partial charge is 0.314 e. The quantitative estimate of drug-likeness (QED) is 0.621. The van der Waals surface area contributed by atoms with Crippen molar-refractivity contribution in [1.82, 2.24) is 5.32 Å². The summed E-state index contributed by atoms with van der Waals surface area (Å²) in [7, 11) is 0. The number of hydrogen-bond donors (Lipinski definition) is 1. The van der Waals surface area contributed by atoms with E-state index in [4.69, 9.17) is 4.79 Å². The molecule has 0 unspecified atom stereocenters. The second-order valence-corrected chi connectivity index (χ2v) is 3.17. The molecule has 0 aliphatic carbocycles. The first-order chi connectivity index (χ1) is 6.35. The number of rotatable bonds is 7. The van der Waals surface area contributed by atoms with Gasteiger partial charge in [0.05, 0.1) is 0 Å². The van der Waals surface area contributed by atoms with Gasteiger partial charge in [0.15, 0.2) is 0 Å². The van der Waals surface area contributed by atoms with Crippen molar-refractivity contribution in [3.05, 3.63) is 0 Å². The SMILES string of the molecule is C=O.CCCCCNC(CC)CC. The second-order valence-electron chi connectivity index (χ2n) is 3.17. The molecule has 0 bridgehead atoms. The Morgan fingerprint density at radius 2 is 1.62 bits per heavy atom. The minimum atomic E-state index is 0.756. The van der Waals surface area contributed by atoms with Gasteiger partial charge in [-0.1, -0.05) is 33.6 Å². The van der Waals surface area contributed by atoms with Crippen molar-refractivity contribution in [1.29, 1.82) is 0 Å². The molecule has 0 heterocycles. The number of unbranched alkanes of at least 4 members (excludes halogenated alkanes) is 2. The smallest absolute Gasteiger partial charge is 0.106 e. The maximum absolute atomic E-state index is 8.00. The molecular weight excluding hydrogens is 162 g/mol. The van der Waals surface area contributed by atoms with Crippen LogP contribution in [-0.2, 0) is 4.79 Å². The predicted octanol–water partition coefficient (Wildman–Crippen LogP) is 2.77. The van der Waals surface area contributed by atoms with Crippen LogP contribution < -0.4 is 5.32 Å². The summed E-state index contributed by atoms with van der Waals surface area (Å²) in [5, 5.41) is 3.55. The molecule has 0 saturated carbocycles. The van der Waals surface area contributed by atoms with E-state index in [2.05, 4.69) is 26.1 Å². The summed E-state index contributed by atoms with van der Waals surface area (Å²) < 4.78 is 0. The van der Waals surface area contributed by atoms with Gasteiger partial charge >= 0.3 is 0 Å². The zero-order chi connectivity index (χ0) is 10.5. The molecule has 1 N–H and O–H groups in total. The predicted molar refractivity (Wildman–Crippen MR) is 59.0 cm³/mol. The van der Waals surface area contributed by atoms with Gasteiger partial charge in [-0.05, 0) is 25.8 Å². The van der Waals surface area contributed by atoms with Gasteiger partial charge in [0.2, 0.25) is 0 Å². The van der Waals surface area contributed by atoms with E-state index in [0.29, 0.717) is 0 Å². The average molecular weight is 187 g/mol. The lowest BCUT2D eigenvalue weighted by molar-refractivity contribution is -0.0979. The first-order valence-corrected chi connectivity index (χ1v) is 5.37. The van der Waals surface area contributed by atoms with Crippen LogP contribution in [0, 0.1) is 0 Å². The second kappa shape index (κ2) is 14.2. The van der Waals surface area contributed by atoms with Crippen molar-refractivity contribution < 1.29 is 4.79 Å². The van der Waals surface area contributed by atoms with Crippen molar-refractivity contribution in [3.8, 4) is 0 Å². The van der Waals surface area contributed by atoms with Gasteiger partial charge in [-0.25, -0.2) is 0 Å². The fraction of sp³-hybridized carbons (Fsp3) is 0.909. The van der Waals surface area contributed by atoms with Crippen LogP contribution in [0.15, 0.2) is 0 Å². The number of hydrogen-bond acceptors (Lipinski definition) is 2. The van der Waals surface area contributed by atoms with Crippen LogP contribution >= 0.6 is 0 Å². The zero-order valence-corrected chi connectivity index (χ0v) is 9.44. The van der Waals surface area contributed by atoms with E-state index in [1.165, 1.54) is 38.6 Å². The molecule has 0 aromatic carbocycles. The first kappa shape index (κ1) is 15.1. The van der Waals surface area contributed by atoms with Gasteiger partial charge in [-0.3, -0.25) is 0 Å². The topological polar surface area (TPSA) is 29.1 Å². The molecular formula is C11H25NO. The molecule has 2 nitrogen and oxygen atoms in total. The Morgan fingerprint density at radius 3 is 2.00 bits per heavy atom. The highest BCUT2D eigenvalue weighted by molar-refractivity contribution is 5.10. The van der Waals surface area contributed by atoms with E-state index < -0.39 is 0 Å². The first-order valence-electron chi connectivity index (χ1n) is 5.37. The van der Waals surface area contributed by atoms with E-state index in [-0.39, 0.29) is 0 Å². The fourth-order valence-corrected chi connectivity index (χ4v) is 1.26. The Morgan fingerprint density at radius 1 is 1.08 bits per heavy atom. The number of carbonyl (C=O) groups excluding carboxylic acids is 1. The molecule has 0 radical (unpaired) electrons. The summed E-state index contributed by atoms with van der Waals surface area (Å²) in [6.45, 7) is 9.96. The molecule has 0 aliphatic rings. The lowest BCUT2D eigenvalue weighted by atomic mass is 10.1.